The van der Waals surface area contributed by atoms with E-state index in [2.05, 4.69) is 10.5 Å². The predicted octanol–water partition coefficient (Wildman–Crippen LogP) is 4.85. The van der Waals surface area contributed by atoms with E-state index in [0.717, 1.165) is 16.9 Å². The highest BCUT2D eigenvalue weighted by Gasteiger charge is 2.14. The van der Waals surface area contributed by atoms with Gasteiger partial charge in [0.25, 0.3) is 5.91 Å². The third kappa shape index (κ3) is 6.76. The van der Waals surface area contributed by atoms with Gasteiger partial charge >= 0.3 is 0 Å². The first-order valence-corrected chi connectivity index (χ1v) is 10.0. The van der Waals surface area contributed by atoms with E-state index in [1.807, 2.05) is 48.5 Å². The van der Waals surface area contributed by atoms with Gasteiger partial charge in [0.2, 0.25) is 0 Å². The summed E-state index contributed by atoms with van der Waals surface area (Å²) in [6.45, 7) is 2.02. The Bertz CT molecular complexity index is 1040. The van der Waals surface area contributed by atoms with Crippen LogP contribution in [-0.4, -0.2) is 25.3 Å². The standard InChI is InChI=1S/C24H23ClN2O4/c1-17(31-21-12-10-20(25)11-13-21)24(28)27-26-15-19-7-3-4-9-23(19)30-16-18-6-5-8-22(14-18)29-2/h3-15,17H,16H2,1-2H3,(H,27,28). The smallest absolute Gasteiger partial charge is 0.280 e. The topological polar surface area (TPSA) is 69.2 Å². The maximum absolute atomic E-state index is 12.2. The molecule has 3 aromatic rings. The van der Waals surface area contributed by atoms with Gasteiger partial charge in [0, 0.05) is 10.6 Å². The van der Waals surface area contributed by atoms with Gasteiger partial charge in [0.05, 0.1) is 13.3 Å². The van der Waals surface area contributed by atoms with Crippen molar-refractivity contribution in [3.8, 4) is 17.2 Å². The molecule has 1 N–H and O–H groups in total. The van der Waals surface area contributed by atoms with Gasteiger partial charge in [-0.3, -0.25) is 4.79 Å². The van der Waals surface area contributed by atoms with Gasteiger partial charge in [0.15, 0.2) is 6.10 Å². The summed E-state index contributed by atoms with van der Waals surface area (Å²) in [7, 11) is 1.63. The Kier molecular flexibility index (Phi) is 7.90. The molecule has 0 saturated carbocycles. The number of carbonyl (C=O) groups is 1. The Hall–Kier alpha value is -3.51. The summed E-state index contributed by atoms with van der Waals surface area (Å²) < 4.78 is 16.7. The van der Waals surface area contributed by atoms with Gasteiger partial charge in [-0.05, 0) is 61.0 Å². The number of benzene rings is 3. The van der Waals surface area contributed by atoms with Crippen LogP contribution in [0.5, 0.6) is 17.2 Å². The number of ether oxygens (including phenoxy) is 3. The van der Waals surface area contributed by atoms with Gasteiger partial charge in [-0.2, -0.15) is 5.10 Å². The number of hydrogen-bond acceptors (Lipinski definition) is 5. The molecule has 0 heterocycles. The molecule has 0 saturated heterocycles. The number of methoxy groups -OCH3 is 1. The molecule has 0 aliphatic heterocycles. The number of para-hydroxylation sites is 1. The summed E-state index contributed by atoms with van der Waals surface area (Å²) in [5.74, 6) is 1.59. The number of amides is 1. The predicted molar refractivity (Wildman–Crippen MR) is 121 cm³/mol. The summed E-state index contributed by atoms with van der Waals surface area (Å²) >= 11 is 5.85. The third-order valence-electron chi connectivity index (χ3n) is 4.32. The molecule has 0 aliphatic carbocycles. The van der Waals surface area contributed by atoms with Crippen LogP contribution >= 0.6 is 11.6 Å². The van der Waals surface area contributed by atoms with Gasteiger partial charge in [-0.15, -0.1) is 0 Å². The van der Waals surface area contributed by atoms with Crippen molar-refractivity contribution in [3.05, 3.63) is 88.9 Å². The monoisotopic (exact) mass is 438 g/mol. The molecule has 160 valence electrons. The second-order valence-corrected chi connectivity index (χ2v) is 7.06. The first-order valence-electron chi connectivity index (χ1n) is 9.65. The molecule has 1 unspecified atom stereocenters. The lowest BCUT2D eigenvalue weighted by Gasteiger charge is -2.13. The van der Waals surface area contributed by atoms with Crippen LogP contribution in [0, 0.1) is 0 Å². The zero-order valence-corrected chi connectivity index (χ0v) is 18.0. The number of hydrogen-bond donors (Lipinski definition) is 1. The Morgan fingerprint density at radius 1 is 1.06 bits per heavy atom. The number of halogens is 1. The Morgan fingerprint density at radius 3 is 2.61 bits per heavy atom. The molecule has 0 aromatic heterocycles. The third-order valence-corrected chi connectivity index (χ3v) is 4.57. The Labute approximate surface area is 186 Å². The zero-order valence-electron chi connectivity index (χ0n) is 17.2. The molecule has 6 nitrogen and oxygen atoms in total. The van der Waals surface area contributed by atoms with Gasteiger partial charge < -0.3 is 14.2 Å². The fourth-order valence-electron chi connectivity index (χ4n) is 2.67. The first kappa shape index (κ1) is 22.2. The van der Waals surface area contributed by atoms with Crippen molar-refractivity contribution in [2.45, 2.75) is 19.6 Å². The molecule has 1 amide bonds. The molecular weight excluding hydrogens is 416 g/mol. The van der Waals surface area contributed by atoms with Crippen LogP contribution in [-0.2, 0) is 11.4 Å². The normalized spacial score (nSPS) is 11.7. The molecular formula is C24H23ClN2O4. The first-order chi connectivity index (χ1) is 15.0. The number of rotatable bonds is 9. The van der Waals surface area contributed by atoms with Crippen molar-refractivity contribution in [2.75, 3.05) is 7.11 Å². The summed E-state index contributed by atoms with van der Waals surface area (Å²) in [6, 6.07) is 21.9. The van der Waals surface area contributed by atoms with Crippen LogP contribution in [0.2, 0.25) is 5.02 Å². The van der Waals surface area contributed by atoms with Crippen molar-refractivity contribution in [1.82, 2.24) is 5.43 Å². The minimum absolute atomic E-state index is 0.374. The highest BCUT2D eigenvalue weighted by Crippen LogP contribution is 2.20. The summed E-state index contributed by atoms with van der Waals surface area (Å²) in [4.78, 5) is 12.2. The lowest BCUT2D eigenvalue weighted by molar-refractivity contribution is -0.127. The molecule has 31 heavy (non-hydrogen) atoms. The SMILES string of the molecule is COc1cccc(COc2ccccc2C=NNC(=O)C(C)Oc2ccc(Cl)cc2)c1. The van der Waals surface area contributed by atoms with E-state index in [4.69, 9.17) is 25.8 Å². The highest BCUT2D eigenvalue weighted by atomic mass is 35.5. The van der Waals surface area contributed by atoms with E-state index in [1.165, 1.54) is 6.21 Å². The minimum atomic E-state index is -0.724. The van der Waals surface area contributed by atoms with Gasteiger partial charge in [-0.25, -0.2) is 5.43 Å². The molecule has 0 radical (unpaired) electrons. The lowest BCUT2D eigenvalue weighted by Crippen LogP contribution is -2.33. The molecule has 0 bridgehead atoms. The van der Waals surface area contributed by atoms with E-state index in [1.54, 1.807) is 38.3 Å². The summed E-state index contributed by atoms with van der Waals surface area (Å²) in [6.07, 6.45) is 0.811. The van der Waals surface area contributed by atoms with Gasteiger partial charge in [-0.1, -0.05) is 35.9 Å². The van der Waals surface area contributed by atoms with E-state index in [9.17, 15) is 4.79 Å². The minimum Gasteiger partial charge on any atom is -0.497 e. The summed E-state index contributed by atoms with van der Waals surface area (Å²) in [5.41, 5.74) is 4.20. The molecule has 1 atom stereocenters. The molecule has 0 spiro atoms. The number of carbonyl (C=O) groups excluding carboxylic acids is 1. The van der Waals surface area contributed by atoms with E-state index >= 15 is 0 Å². The van der Waals surface area contributed by atoms with Gasteiger partial charge in [0.1, 0.15) is 23.9 Å². The largest absolute Gasteiger partial charge is 0.497 e. The van der Waals surface area contributed by atoms with Crippen LogP contribution in [0.25, 0.3) is 0 Å². The van der Waals surface area contributed by atoms with Crippen LogP contribution in [0.15, 0.2) is 77.9 Å². The fourth-order valence-corrected chi connectivity index (χ4v) is 2.80. The van der Waals surface area contributed by atoms with Crippen molar-refractivity contribution < 1.29 is 19.0 Å². The average Bonchev–Trinajstić information content (AvgIpc) is 2.80. The second kappa shape index (κ2) is 11.0. The number of hydrazone groups is 1. The van der Waals surface area contributed by atoms with Crippen LogP contribution in [0.1, 0.15) is 18.1 Å². The molecule has 0 aliphatic rings. The van der Waals surface area contributed by atoms with E-state index in [0.29, 0.717) is 23.1 Å². The Balaban J connectivity index is 1.56. The van der Waals surface area contributed by atoms with E-state index in [-0.39, 0.29) is 5.91 Å². The van der Waals surface area contributed by atoms with Crippen LogP contribution in [0.3, 0.4) is 0 Å². The quantitative estimate of drug-likeness (QED) is 0.383. The number of nitrogens with zero attached hydrogens (tertiary/aromatic N) is 1. The van der Waals surface area contributed by atoms with Crippen molar-refractivity contribution in [2.24, 2.45) is 5.10 Å². The van der Waals surface area contributed by atoms with Crippen molar-refractivity contribution in [1.29, 1.82) is 0 Å². The van der Waals surface area contributed by atoms with Crippen LogP contribution in [0.4, 0.5) is 0 Å². The summed E-state index contributed by atoms with van der Waals surface area (Å²) in [5, 5.41) is 4.63. The average molecular weight is 439 g/mol. The lowest BCUT2D eigenvalue weighted by atomic mass is 10.2. The molecule has 3 aromatic carbocycles. The molecule has 7 heteroatoms. The van der Waals surface area contributed by atoms with Crippen molar-refractivity contribution >= 4 is 23.7 Å². The zero-order chi connectivity index (χ0) is 22.1. The Morgan fingerprint density at radius 2 is 1.84 bits per heavy atom. The maximum Gasteiger partial charge on any atom is 0.280 e. The maximum atomic E-state index is 12.2. The second-order valence-electron chi connectivity index (χ2n) is 6.63. The fraction of sp³-hybridized carbons (Fsp3) is 0.167. The molecule has 0 fully saturated rings. The van der Waals surface area contributed by atoms with Crippen molar-refractivity contribution in [3.63, 3.8) is 0 Å². The number of nitrogens with one attached hydrogen (secondary N) is 1. The van der Waals surface area contributed by atoms with Crippen LogP contribution < -0.4 is 19.6 Å². The highest BCUT2D eigenvalue weighted by molar-refractivity contribution is 6.30. The molecule has 3 rings (SSSR count). The van der Waals surface area contributed by atoms with E-state index < -0.39 is 6.10 Å².